The van der Waals surface area contributed by atoms with Crippen LogP contribution in [0.25, 0.3) is 0 Å². The van der Waals surface area contributed by atoms with Gasteiger partial charge in [-0.25, -0.2) is 0 Å². The molecule has 0 radical (unpaired) electrons. The number of rotatable bonds is 6. The summed E-state index contributed by atoms with van der Waals surface area (Å²) in [6, 6.07) is 15.2. The monoisotopic (exact) mass is 438 g/mol. The van der Waals surface area contributed by atoms with Crippen molar-refractivity contribution in [2.75, 3.05) is 0 Å². The highest BCUT2D eigenvalue weighted by atomic mass is 79.9. The summed E-state index contributed by atoms with van der Waals surface area (Å²) in [5.41, 5.74) is 2.99. The first-order valence-electron chi connectivity index (χ1n) is 7.08. The topological polar surface area (TPSA) is 65.2 Å². The average molecular weight is 440 g/mol. The first kappa shape index (κ1) is 17.7. The van der Waals surface area contributed by atoms with Gasteiger partial charge in [0.25, 0.3) is 0 Å². The fraction of sp³-hybridized carbons (Fsp3) is 0.176. The lowest BCUT2D eigenvalue weighted by atomic mass is 10.0. The SMILES string of the molecule is O/N=C(/CCC/C(=N\O)c1ccc(Br)cc1)c1ccc(Br)cc1. The Bertz CT molecular complexity index is 634. The molecule has 6 heteroatoms. The van der Waals surface area contributed by atoms with Crippen LogP contribution in [-0.4, -0.2) is 21.8 Å². The molecule has 0 saturated carbocycles. The zero-order valence-electron chi connectivity index (χ0n) is 12.3. The maximum atomic E-state index is 9.21. The molecule has 0 aliphatic carbocycles. The van der Waals surface area contributed by atoms with E-state index in [1.54, 1.807) is 0 Å². The molecule has 2 aromatic rings. The molecule has 0 fully saturated rings. The zero-order valence-corrected chi connectivity index (χ0v) is 15.5. The minimum absolute atomic E-state index is 0.591. The number of nitrogens with zero attached hydrogens (tertiary/aromatic N) is 2. The van der Waals surface area contributed by atoms with Gasteiger partial charge in [0, 0.05) is 8.95 Å². The van der Waals surface area contributed by atoms with Gasteiger partial charge in [0.15, 0.2) is 0 Å². The van der Waals surface area contributed by atoms with E-state index in [4.69, 9.17) is 0 Å². The normalized spacial score (nSPS) is 12.4. The van der Waals surface area contributed by atoms with Crippen LogP contribution in [0.4, 0.5) is 0 Å². The van der Waals surface area contributed by atoms with Crippen LogP contribution in [0.1, 0.15) is 30.4 Å². The van der Waals surface area contributed by atoms with Gasteiger partial charge < -0.3 is 10.4 Å². The van der Waals surface area contributed by atoms with Gasteiger partial charge in [0.05, 0.1) is 11.4 Å². The van der Waals surface area contributed by atoms with Gasteiger partial charge in [0.2, 0.25) is 0 Å². The van der Waals surface area contributed by atoms with Crippen LogP contribution >= 0.6 is 31.9 Å². The Labute approximate surface area is 151 Å². The van der Waals surface area contributed by atoms with Crippen molar-refractivity contribution < 1.29 is 10.4 Å². The van der Waals surface area contributed by atoms with Crippen LogP contribution < -0.4 is 0 Å². The van der Waals surface area contributed by atoms with Crippen molar-refractivity contribution in [1.29, 1.82) is 0 Å². The molecule has 0 bridgehead atoms. The number of oxime groups is 2. The molecular weight excluding hydrogens is 424 g/mol. The van der Waals surface area contributed by atoms with Crippen LogP contribution in [0.15, 0.2) is 67.8 Å². The molecule has 120 valence electrons. The number of benzene rings is 2. The fourth-order valence-electron chi connectivity index (χ4n) is 2.21. The summed E-state index contributed by atoms with van der Waals surface area (Å²) in [4.78, 5) is 0. The van der Waals surface area contributed by atoms with Gasteiger partial charge in [-0.2, -0.15) is 0 Å². The summed E-state index contributed by atoms with van der Waals surface area (Å²) in [6.45, 7) is 0. The molecule has 0 unspecified atom stereocenters. The van der Waals surface area contributed by atoms with Crippen molar-refractivity contribution in [3.63, 3.8) is 0 Å². The Morgan fingerprint density at radius 1 is 0.696 bits per heavy atom. The predicted molar refractivity (Wildman–Crippen MR) is 98.8 cm³/mol. The standard InChI is InChI=1S/C17H16Br2N2O2/c18-14-8-4-12(5-9-14)16(20-22)2-1-3-17(21-23)13-6-10-15(19)11-7-13/h4-11,22-23H,1-3H2/b20-16-,21-17+. The molecule has 0 heterocycles. The first-order chi connectivity index (χ1) is 11.1. The maximum Gasteiger partial charge on any atom is 0.0867 e. The van der Waals surface area contributed by atoms with Gasteiger partial charge in [-0.1, -0.05) is 66.4 Å². The third kappa shape index (κ3) is 5.18. The van der Waals surface area contributed by atoms with Crippen molar-refractivity contribution in [1.82, 2.24) is 0 Å². The number of hydrogen-bond acceptors (Lipinski definition) is 4. The Morgan fingerprint density at radius 2 is 1.04 bits per heavy atom. The second kappa shape index (κ2) is 8.84. The maximum absolute atomic E-state index is 9.21. The van der Waals surface area contributed by atoms with Gasteiger partial charge >= 0.3 is 0 Å². The van der Waals surface area contributed by atoms with Gasteiger partial charge in [-0.3, -0.25) is 0 Å². The molecule has 2 N–H and O–H groups in total. The van der Waals surface area contributed by atoms with Crippen LogP contribution in [-0.2, 0) is 0 Å². The van der Waals surface area contributed by atoms with Crippen LogP contribution in [0.3, 0.4) is 0 Å². The van der Waals surface area contributed by atoms with E-state index in [2.05, 4.69) is 42.2 Å². The van der Waals surface area contributed by atoms with Gasteiger partial charge in [-0.15, -0.1) is 0 Å². The summed E-state index contributed by atoms with van der Waals surface area (Å²) in [5, 5.41) is 25.2. The summed E-state index contributed by atoms with van der Waals surface area (Å²) >= 11 is 6.76. The molecule has 0 aliphatic heterocycles. The number of hydrogen-bond donors (Lipinski definition) is 2. The molecule has 23 heavy (non-hydrogen) atoms. The van der Waals surface area contributed by atoms with Gasteiger partial charge in [-0.05, 0) is 54.7 Å². The largest absolute Gasteiger partial charge is 0.411 e. The quantitative estimate of drug-likeness (QED) is 0.357. The summed E-state index contributed by atoms with van der Waals surface area (Å²) in [6.07, 6.45) is 1.90. The average Bonchev–Trinajstić information content (AvgIpc) is 2.57. The van der Waals surface area contributed by atoms with E-state index >= 15 is 0 Å². The van der Waals surface area contributed by atoms with Crippen LogP contribution in [0.5, 0.6) is 0 Å². The van der Waals surface area contributed by atoms with E-state index in [9.17, 15) is 10.4 Å². The molecular formula is C17H16Br2N2O2. The minimum atomic E-state index is 0.591. The van der Waals surface area contributed by atoms with Crippen molar-refractivity contribution in [2.45, 2.75) is 19.3 Å². The molecule has 2 aromatic carbocycles. The molecule has 0 amide bonds. The van der Waals surface area contributed by atoms with Crippen molar-refractivity contribution in [3.05, 3.63) is 68.6 Å². The van der Waals surface area contributed by atoms with E-state index in [0.29, 0.717) is 30.7 Å². The van der Waals surface area contributed by atoms with Crippen molar-refractivity contribution in [3.8, 4) is 0 Å². The van der Waals surface area contributed by atoms with E-state index < -0.39 is 0 Å². The second-order valence-electron chi connectivity index (χ2n) is 4.96. The zero-order chi connectivity index (χ0) is 16.7. The molecule has 0 saturated heterocycles. The fourth-order valence-corrected chi connectivity index (χ4v) is 2.74. The lowest BCUT2D eigenvalue weighted by molar-refractivity contribution is 0.317. The second-order valence-corrected chi connectivity index (χ2v) is 6.79. The molecule has 0 atom stereocenters. The molecule has 0 aromatic heterocycles. The van der Waals surface area contributed by atoms with E-state index in [0.717, 1.165) is 20.1 Å². The third-order valence-electron chi connectivity index (χ3n) is 3.42. The van der Waals surface area contributed by atoms with Crippen LogP contribution in [0.2, 0.25) is 0 Å². The molecule has 0 spiro atoms. The minimum Gasteiger partial charge on any atom is -0.411 e. The molecule has 0 aliphatic rings. The highest BCUT2D eigenvalue weighted by molar-refractivity contribution is 9.10. The smallest absolute Gasteiger partial charge is 0.0867 e. The Balaban J connectivity index is 1.96. The van der Waals surface area contributed by atoms with E-state index in [-0.39, 0.29) is 0 Å². The highest BCUT2D eigenvalue weighted by Crippen LogP contribution is 2.16. The van der Waals surface area contributed by atoms with Crippen LogP contribution in [0, 0.1) is 0 Å². The summed E-state index contributed by atoms with van der Waals surface area (Å²) < 4.78 is 1.95. The lowest BCUT2D eigenvalue weighted by Gasteiger charge is -2.07. The Hall–Kier alpha value is -1.66. The Kier molecular flexibility index (Phi) is 6.80. The van der Waals surface area contributed by atoms with Crippen molar-refractivity contribution >= 4 is 43.3 Å². The third-order valence-corrected chi connectivity index (χ3v) is 4.48. The summed E-state index contributed by atoms with van der Waals surface area (Å²) in [7, 11) is 0. The van der Waals surface area contributed by atoms with Gasteiger partial charge in [0.1, 0.15) is 0 Å². The first-order valence-corrected chi connectivity index (χ1v) is 8.66. The number of halogens is 2. The van der Waals surface area contributed by atoms with Crippen molar-refractivity contribution in [2.24, 2.45) is 10.3 Å². The molecule has 4 nitrogen and oxygen atoms in total. The van der Waals surface area contributed by atoms with E-state index in [1.807, 2.05) is 48.5 Å². The summed E-state index contributed by atoms with van der Waals surface area (Å²) in [5.74, 6) is 0. The molecule has 2 rings (SSSR count). The van der Waals surface area contributed by atoms with E-state index in [1.165, 1.54) is 0 Å². The Morgan fingerprint density at radius 3 is 1.35 bits per heavy atom. The predicted octanol–water partition coefficient (Wildman–Crippen LogP) is 5.44. The highest BCUT2D eigenvalue weighted by Gasteiger charge is 2.08. The lowest BCUT2D eigenvalue weighted by Crippen LogP contribution is -2.05.